The Morgan fingerprint density at radius 1 is 1.14 bits per heavy atom. The number of hydrogen-bond donors (Lipinski definition) is 3. The molecule has 0 aliphatic carbocycles. The third-order valence-corrected chi connectivity index (χ3v) is 7.56. The highest BCUT2D eigenvalue weighted by molar-refractivity contribution is 7.90. The first kappa shape index (κ1) is 23.1. The summed E-state index contributed by atoms with van der Waals surface area (Å²) in [5.74, 6) is 1.25. The SMILES string of the molecule is COc1cc2c(cc1O)[nH]c1ncnc(N3CCN(C(=S)Nc4ccc(S(C)(=O)=O)cc4)CC3)c12. The first-order valence-electron chi connectivity index (χ1n) is 10.9. The number of hydrogen-bond acceptors (Lipinski definition) is 8. The molecule has 0 amide bonds. The second-order valence-corrected chi connectivity index (χ2v) is 10.7. The number of phenols is 1. The number of thiocarbonyl (C=S) groups is 1. The highest BCUT2D eigenvalue weighted by atomic mass is 32.2. The first-order chi connectivity index (χ1) is 16.7. The van der Waals surface area contributed by atoms with Gasteiger partial charge in [-0.1, -0.05) is 0 Å². The summed E-state index contributed by atoms with van der Waals surface area (Å²) in [6.45, 7) is 2.77. The summed E-state index contributed by atoms with van der Waals surface area (Å²) >= 11 is 5.59. The molecule has 1 saturated heterocycles. The monoisotopic (exact) mass is 512 g/mol. The maximum Gasteiger partial charge on any atom is 0.175 e. The van der Waals surface area contributed by atoms with E-state index in [1.54, 1.807) is 36.4 Å². The number of nitrogens with one attached hydrogen (secondary N) is 2. The molecule has 0 spiro atoms. The standard InChI is InChI=1S/C23H24N6O4S2/c1-33-19-11-16-17(12-18(19)30)27-21-20(16)22(25-13-24-21)28-7-9-29(10-8-28)23(34)26-14-3-5-15(6-4-14)35(2,31)32/h3-6,11-13,30H,7-10H2,1-2H3,(H,26,34)(H,24,25,27). The number of aromatic nitrogens is 3. The maximum absolute atomic E-state index is 11.7. The Bertz CT molecular complexity index is 1530. The summed E-state index contributed by atoms with van der Waals surface area (Å²) in [5.41, 5.74) is 2.18. The van der Waals surface area contributed by atoms with Gasteiger partial charge in [0.2, 0.25) is 0 Å². The minimum atomic E-state index is -3.24. The maximum atomic E-state index is 11.7. The number of aromatic hydroxyl groups is 1. The van der Waals surface area contributed by atoms with E-state index in [9.17, 15) is 13.5 Å². The number of methoxy groups -OCH3 is 1. The Hall–Kier alpha value is -3.64. The summed E-state index contributed by atoms with van der Waals surface area (Å²) < 4.78 is 28.6. The lowest BCUT2D eigenvalue weighted by Crippen LogP contribution is -2.50. The second-order valence-electron chi connectivity index (χ2n) is 8.32. The van der Waals surface area contributed by atoms with Gasteiger partial charge in [0.05, 0.1) is 22.9 Å². The number of anilines is 2. The van der Waals surface area contributed by atoms with Crippen molar-refractivity contribution in [3.63, 3.8) is 0 Å². The number of sulfone groups is 1. The molecule has 12 heteroatoms. The van der Waals surface area contributed by atoms with Crippen LogP contribution in [0, 0.1) is 0 Å². The molecule has 1 aliphatic heterocycles. The number of aromatic amines is 1. The van der Waals surface area contributed by atoms with E-state index in [1.165, 1.54) is 19.7 Å². The lowest BCUT2D eigenvalue weighted by atomic mass is 10.1. The predicted molar refractivity (Wildman–Crippen MR) is 139 cm³/mol. The van der Waals surface area contributed by atoms with E-state index in [2.05, 4.69) is 30.1 Å². The molecule has 2 aromatic heterocycles. The molecule has 182 valence electrons. The highest BCUT2D eigenvalue weighted by Crippen LogP contribution is 2.37. The third kappa shape index (κ3) is 4.42. The molecule has 0 bridgehead atoms. The van der Waals surface area contributed by atoms with Crippen molar-refractivity contribution in [1.29, 1.82) is 0 Å². The van der Waals surface area contributed by atoms with Crippen LogP contribution in [0.15, 0.2) is 47.6 Å². The second kappa shape index (κ2) is 8.86. The van der Waals surface area contributed by atoms with Crippen LogP contribution in [0.2, 0.25) is 0 Å². The fraction of sp³-hybridized carbons (Fsp3) is 0.261. The average Bonchev–Trinajstić information content (AvgIpc) is 3.20. The molecule has 2 aromatic carbocycles. The Labute approximate surface area is 207 Å². The number of rotatable bonds is 4. The van der Waals surface area contributed by atoms with E-state index >= 15 is 0 Å². The molecular weight excluding hydrogens is 488 g/mol. The minimum absolute atomic E-state index is 0.0571. The first-order valence-corrected chi connectivity index (χ1v) is 13.2. The van der Waals surface area contributed by atoms with Gasteiger partial charge in [-0.2, -0.15) is 0 Å². The van der Waals surface area contributed by atoms with E-state index in [4.69, 9.17) is 17.0 Å². The number of benzene rings is 2. The van der Waals surface area contributed by atoms with Gasteiger partial charge in [-0.05, 0) is 42.5 Å². The van der Waals surface area contributed by atoms with Crippen molar-refractivity contribution < 1.29 is 18.3 Å². The summed E-state index contributed by atoms with van der Waals surface area (Å²) in [4.78, 5) is 16.7. The molecule has 35 heavy (non-hydrogen) atoms. The van der Waals surface area contributed by atoms with Crippen molar-refractivity contribution in [2.75, 3.05) is 49.8 Å². The van der Waals surface area contributed by atoms with Crippen LogP contribution in [0.3, 0.4) is 0 Å². The Balaban J connectivity index is 1.32. The molecule has 0 unspecified atom stereocenters. The molecule has 3 N–H and O–H groups in total. The third-order valence-electron chi connectivity index (χ3n) is 6.07. The van der Waals surface area contributed by atoms with Crippen molar-refractivity contribution in [2.45, 2.75) is 4.90 Å². The molecule has 0 radical (unpaired) electrons. The number of fused-ring (bicyclic) bond motifs is 3. The zero-order valence-corrected chi connectivity index (χ0v) is 20.8. The van der Waals surface area contributed by atoms with Crippen LogP contribution < -0.4 is 15.0 Å². The van der Waals surface area contributed by atoms with Gasteiger partial charge in [-0.3, -0.25) is 0 Å². The van der Waals surface area contributed by atoms with Crippen LogP contribution in [0.1, 0.15) is 0 Å². The van der Waals surface area contributed by atoms with E-state index < -0.39 is 9.84 Å². The van der Waals surface area contributed by atoms with Crippen LogP contribution in [0.4, 0.5) is 11.5 Å². The largest absolute Gasteiger partial charge is 0.504 e. The molecule has 4 aromatic rings. The number of ether oxygens (including phenoxy) is 1. The van der Waals surface area contributed by atoms with Gasteiger partial charge < -0.3 is 29.9 Å². The average molecular weight is 513 g/mol. The molecule has 10 nitrogen and oxygen atoms in total. The molecule has 1 fully saturated rings. The Morgan fingerprint density at radius 3 is 2.51 bits per heavy atom. The Morgan fingerprint density at radius 2 is 1.86 bits per heavy atom. The van der Waals surface area contributed by atoms with Crippen molar-refractivity contribution in [3.8, 4) is 11.5 Å². The summed E-state index contributed by atoms with van der Waals surface area (Å²) in [5, 5.41) is 15.7. The number of nitrogens with zero attached hydrogens (tertiary/aromatic N) is 4. The molecule has 0 saturated carbocycles. The zero-order valence-electron chi connectivity index (χ0n) is 19.1. The quantitative estimate of drug-likeness (QED) is 0.352. The van der Waals surface area contributed by atoms with Crippen molar-refractivity contribution in [1.82, 2.24) is 19.9 Å². The number of H-pyrrole nitrogens is 1. The molecule has 1 aliphatic rings. The van der Waals surface area contributed by atoms with Crippen LogP contribution in [-0.2, 0) is 9.84 Å². The zero-order chi connectivity index (χ0) is 24.7. The fourth-order valence-electron chi connectivity index (χ4n) is 4.24. The molecular formula is C23H24N6O4S2. The van der Waals surface area contributed by atoms with Gasteiger partial charge in [-0.15, -0.1) is 0 Å². The lowest BCUT2D eigenvalue weighted by Gasteiger charge is -2.37. The highest BCUT2D eigenvalue weighted by Gasteiger charge is 2.24. The fourth-order valence-corrected chi connectivity index (χ4v) is 5.17. The van der Waals surface area contributed by atoms with E-state index in [0.29, 0.717) is 42.7 Å². The van der Waals surface area contributed by atoms with Crippen LogP contribution in [0.25, 0.3) is 21.9 Å². The molecule has 0 atom stereocenters. The molecule has 3 heterocycles. The van der Waals surface area contributed by atoms with Crippen LogP contribution >= 0.6 is 12.2 Å². The summed E-state index contributed by atoms with van der Waals surface area (Å²) in [7, 11) is -1.72. The Kier molecular flexibility index (Phi) is 5.85. The number of phenolic OH excluding ortho intramolecular Hbond substituents is 1. The lowest BCUT2D eigenvalue weighted by molar-refractivity contribution is 0.374. The minimum Gasteiger partial charge on any atom is -0.504 e. The van der Waals surface area contributed by atoms with Crippen molar-refractivity contribution in [2.24, 2.45) is 0 Å². The van der Waals surface area contributed by atoms with Crippen molar-refractivity contribution >= 4 is 60.6 Å². The van der Waals surface area contributed by atoms with Crippen molar-refractivity contribution in [3.05, 3.63) is 42.7 Å². The topological polar surface area (TPSA) is 124 Å². The van der Waals surface area contributed by atoms with Crippen LogP contribution in [0.5, 0.6) is 11.5 Å². The van der Waals surface area contributed by atoms with Gasteiger partial charge in [0.1, 0.15) is 17.8 Å². The predicted octanol–water partition coefficient (Wildman–Crippen LogP) is 2.75. The summed E-state index contributed by atoms with van der Waals surface area (Å²) in [6, 6.07) is 9.97. The molecule has 5 rings (SSSR count). The van der Waals surface area contributed by atoms with Gasteiger partial charge in [0.25, 0.3) is 0 Å². The van der Waals surface area contributed by atoms with Gasteiger partial charge >= 0.3 is 0 Å². The van der Waals surface area contributed by atoms with Crippen LogP contribution in [-0.4, -0.2) is 78.0 Å². The van der Waals surface area contributed by atoms with Gasteiger partial charge in [0, 0.05) is 49.6 Å². The van der Waals surface area contributed by atoms with E-state index in [0.717, 1.165) is 27.8 Å². The van der Waals surface area contributed by atoms with E-state index in [1.807, 2.05) is 0 Å². The summed E-state index contributed by atoms with van der Waals surface area (Å²) in [6.07, 6.45) is 2.71. The van der Waals surface area contributed by atoms with Gasteiger partial charge in [0.15, 0.2) is 26.4 Å². The number of piperazine rings is 1. The van der Waals surface area contributed by atoms with E-state index in [-0.39, 0.29) is 10.6 Å². The normalized spacial score (nSPS) is 14.5. The smallest absolute Gasteiger partial charge is 0.175 e. The van der Waals surface area contributed by atoms with Gasteiger partial charge in [-0.25, -0.2) is 18.4 Å².